The monoisotopic (exact) mass is 574 g/mol. The molecule has 1 aliphatic heterocycles. The molecule has 4 aromatic rings. The van der Waals surface area contributed by atoms with Gasteiger partial charge in [-0.3, -0.25) is 14.3 Å². The number of hydrogen-bond acceptors (Lipinski definition) is 6. The molecule has 2 atom stereocenters. The Morgan fingerprint density at radius 3 is 2.79 bits per heavy atom. The number of carbonyl (C=O) groups is 2. The third-order valence-corrected chi connectivity index (χ3v) is 8.25. The van der Waals surface area contributed by atoms with Crippen LogP contribution in [0.4, 0.5) is 17.3 Å². The summed E-state index contributed by atoms with van der Waals surface area (Å²) in [4.78, 5) is 37.6. The van der Waals surface area contributed by atoms with Gasteiger partial charge in [0.05, 0.1) is 23.5 Å². The highest BCUT2D eigenvalue weighted by atomic mass is 16.2. The maximum absolute atomic E-state index is 12.9. The lowest BCUT2D eigenvalue weighted by molar-refractivity contribution is -0.122. The summed E-state index contributed by atoms with van der Waals surface area (Å²) in [7, 11) is 0. The molecule has 218 valence electrons. The van der Waals surface area contributed by atoms with Crippen molar-refractivity contribution in [2.75, 3.05) is 11.1 Å². The van der Waals surface area contributed by atoms with E-state index in [0.29, 0.717) is 35.0 Å². The van der Waals surface area contributed by atoms with Gasteiger partial charge < -0.3 is 16.4 Å². The molecule has 4 heterocycles. The normalized spacial score (nSPS) is 19.8. The molecule has 6 rings (SSSR count). The molecule has 0 radical (unpaired) electrons. The summed E-state index contributed by atoms with van der Waals surface area (Å²) in [6.07, 6.45) is 15.7. The number of aromatic nitrogens is 4. The molecular weight excluding hydrogens is 540 g/mol. The molecule has 1 aromatic carbocycles. The number of rotatable bonds is 3. The van der Waals surface area contributed by atoms with Crippen LogP contribution in [0, 0.1) is 6.57 Å². The molecule has 10 heteroatoms. The molecule has 1 saturated carbocycles. The van der Waals surface area contributed by atoms with E-state index in [1.165, 1.54) is 12.3 Å². The highest BCUT2D eigenvalue weighted by Gasteiger charge is 2.29. The van der Waals surface area contributed by atoms with Crippen LogP contribution in [0.3, 0.4) is 0 Å². The molecule has 2 amide bonds. The van der Waals surface area contributed by atoms with Crippen molar-refractivity contribution >= 4 is 46.1 Å². The van der Waals surface area contributed by atoms with Crippen molar-refractivity contribution in [2.24, 2.45) is 0 Å². The fraction of sp³-hybridized carbons (Fsp3) is 0.333. The van der Waals surface area contributed by atoms with Gasteiger partial charge in [0.1, 0.15) is 17.3 Å². The zero-order valence-corrected chi connectivity index (χ0v) is 23.9. The Hall–Kier alpha value is -5.04. The summed E-state index contributed by atoms with van der Waals surface area (Å²) in [5.74, 6) is 0.531. The maximum Gasteiger partial charge on any atom is 0.256 e. The quantitative estimate of drug-likeness (QED) is 0.241. The van der Waals surface area contributed by atoms with Crippen LogP contribution in [0.15, 0.2) is 54.9 Å². The summed E-state index contributed by atoms with van der Waals surface area (Å²) in [5.41, 5.74) is 10.8. The first-order valence-electron chi connectivity index (χ1n) is 14.9. The van der Waals surface area contributed by atoms with Gasteiger partial charge in [0, 0.05) is 41.5 Å². The van der Waals surface area contributed by atoms with Crippen molar-refractivity contribution in [3.63, 3.8) is 0 Å². The van der Waals surface area contributed by atoms with Crippen molar-refractivity contribution in [1.29, 1.82) is 0 Å². The van der Waals surface area contributed by atoms with Crippen LogP contribution in [0.2, 0.25) is 0 Å². The van der Waals surface area contributed by atoms with Crippen LogP contribution < -0.4 is 16.4 Å². The summed E-state index contributed by atoms with van der Waals surface area (Å²) < 4.78 is 2.09. The SMILES string of the molecule is [C-]#[N+]c1ccnc(NC(=O)c2ccc(-c3nn4c5c(cnc(N)c35)/C=C/CCCCCC(=O)N[C@@H]3CCC[C@@H]4C3)cc2)c1. The molecule has 3 aromatic heterocycles. The number of carbonyl (C=O) groups excluding carboxylic acids is 2. The summed E-state index contributed by atoms with van der Waals surface area (Å²) in [6, 6.07) is 10.5. The molecule has 0 unspecified atom stereocenters. The number of nitrogens with two attached hydrogens (primary N) is 1. The lowest BCUT2D eigenvalue weighted by Crippen LogP contribution is -2.39. The Balaban J connectivity index is 1.37. The van der Waals surface area contributed by atoms with E-state index in [9.17, 15) is 9.59 Å². The first-order chi connectivity index (χ1) is 21.0. The van der Waals surface area contributed by atoms with Gasteiger partial charge in [0.15, 0.2) is 5.69 Å². The number of amides is 2. The van der Waals surface area contributed by atoms with Gasteiger partial charge in [-0.25, -0.2) is 14.8 Å². The van der Waals surface area contributed by atoms with Crippen LogP contribution in [0.25, 0.3) is 33.1 Å². The number of pyridine rings is 2. The van der Waals surface area contributed by atoms with Crippen LogP contribution >= 0.6 is 0 Å². The van der Waals surface area contributed by atoms with E-state index >= 15 is 0 Å². The lowest BCUT2D eigenvalue weighted by atomic mass is 9.90. The highest BCUT2D eigenvalue weighted by Crippen LogP contribution is 2.39. The Bertz CT molecular complexity index is 1730. The number of nitrogens with zero attached hydrogens (tertiary/aromatic N) is 5. The lowest BCUT2D eigenvalue weighted by Gasteiger charge is -2.30. The summed E-state index contributed by atoms with van der Waals surface area (Å²) in [6.45, 7) is 7.18. The van der Waals surface area contributed by atoms with E-state index in [1.54, 1.807) is 18.2 Å². The number of nitrogens with one attached hydrogen (secondary N) is 2. The Morgan fingerprint density at radius 1 is 1.09 bits per heavy atom. The van der Waals surface area contributed by atoms with Crippen molar-refractivity contribution in [3.8, 4) is 11.3 Å². The van der Waals surface area contributed by atoms with Crippen LogP contribution in [-0.4, -0.2) is 37.6 Å². The van der Waals surface area contributed by atoms with E-state index in [0.717, 1.165) is 73.4 Å². The van der Waals surface area contributed by atoms with Crippen LogP contribution in [0.1, 0.15) is 79.8 Å². The van der Waals surface area contributed by atoms with Crippen LogP contribution in [-0.2, 0) is 4.79 Å². The average molecular weight is 575 g/mol. The molecule has 1 fully saturated rings. The number of fused-ring (bicyclic) bond motifs is 3. The van der Waals surface area contributed by atoms with Gasteiger partial charge in [-0.2, -0.15) is 5.10 Å². The second-order valence-corrected chi connectivity index (χ2v) is 11.2. The fourth-order valence-electron chi connectivity index (χ4n) is 6.08. The molecule has 4 N–H and O–H groups in total. The Morgan fingerprint density at radius 2 is 1.95 bits per heavy atom. The number of anilines is 2. The largest absolute Gasteiger partial charge is 0.383 e. The molecule has 10 nitrogen and oxygen atoms in total. The van der Waals surface area contributed by atoms with Gasteiger partial charge >= 0.3 is 0 Å². The van der Waals surface area contributed by atoms with Crippen molar-refractivity contribution in [1.82, 2.24) is 25.1 Å². The minimum absolute atomic E-state index is 0.0955. The van der Waals surface area contributed by atoms with Crippen molar-refractivity contribution in [3.05, 3.63) is 77.4 Å². The molecule has 2 aliphatic rings. The van der Waals surface area contributed by atoms with Gasteiger partial charge in [-0.15, -0.1) is 0 Å². The zero-order chi connectivity index (χ0) is 29.8. The highest BCUT2D eigenvalue weighted by molar-refractivity contribution is 6.06. The standard InChI is InChI=1S/C33H34N8O2/c1-35-24-16-17-36-27(19-24)39-33(43)22-14-12-21(13-15-22)30-29-31-23(20-37-32(29)34)8-5-3-2-4-6-11-28(42)38-25-9-7-10-26(18-25)41(31)40-30/h5,8,12-17,19-20,25-26H,2-4,6-7,9-11,18H2,(H2,34,37)(H,38,42)(H,36,39,43)/b8-5+/t25-,26-/m1/s1. The number of nitrogen functional groups attached to an aromatic ring is 1. The Labute approximate surface area is 250 Å². The fourth-order valence-corrected chi connectivity index (χ4v) is 6.08. The minimum atomic E-state index is -0.325. The maximum atomic E-state index is 12.9. The summed E-state index contributed by atoms with van der Waals surface area (Å²) >= 11 is 0. The Kier molecular flexibility index (Phi) is 8.13. The second kappa shape index (κ2) is 12.4. The first kappa shape index (κ1) is 28.1. The van der Waals surface area contributed by atoms with E-state index < -0.39 is 0 Å². The smallest absolute Gasteiger partial charge is 0.256 e. The van der Waals surface area contributed by atoms with E-state index in [4.69, 9.17) is 17.4 Å². The molecular formula is C33H34N8O2. The zero-order valence-electron chi connectivity index (χ0n) is 23.9. The van der Waals surface area contributed by atoms with Crippen molar-refractivity contribution < 1.29 is 9.59 Å². The van der Waals surface area contributed by atoms with E-state index in [-0.39, 0.29) is 23.9 Å². The van der Waals surface area contributed by atoms with Crippen molar-refractivity contribution in [2.45, 2.75) is 69.9 Å². The summed E-state index contributed by atoms with van der Waals surface area (Å²) in [5, 5.41) is 12.0. The third-order valence-electron chi connectivity index (χ3n) is 8.25. The predicted octanol–water partition coefficient (Wildman–Crippen LogP) is 6.46. The second-order valence-electron chi connectivity index (χ2n) is 11.2. The molecule has 0 saturated heterocycles. The number of allylic oxidation sites excluding steroid dienone is 1. The van der Waals surface area contributed by atoms with E-state index in [1.807, 2.05) is 18.3 Å². The topological polar surface area (TPSA) is 132 Å². The first-order valence-corrected chi connectivity index (χ1v) is 14.9. The van der Waals surface area contributed by atoms with Gasteiger partial charge in [-0.05, 0) is 69.2 Å². The van der Waals surface area contributed by atoms with E-state index in [2.05, 4.69) is 42.3 Å². The number of benzene rings is 1. The predicted molar refractivity (Wildman–Crippen MR) is 167 cm³/mol. The molecule has 1 aliphatic carbocycles. The van der Waals surface area contributed by atoms with Gasteiger partial charge in [0.25, 0.3) is 5.91 Å². The molecule has 0 spiro atoms. The molecule has 2 bridgehead atoms. The van der Waals surface area contributed by atoms with Gasteiger partial charge in [0.2, 0.25) is 5.91 Å². The van der Waals surface area contributed by atoms with Crippen LogP contribution in [0.5, 0.6) is 0 Å². The minimum Gasteiger partial charge on any atom is -0.383 e. The average Bonchev–Trinajstić information content (AvgIpc) is 3.43. The number of hydrogen-bond donors (Lipinski definition) is 3. The molecule has 43 heavy (non-hydrogen) atoms. The third kappa shape index (κ3) is 6.11. The van der Waals surface area contributed by atoms with Gasteiger partial charge in [-0.1, -0.05) is 30.7 Å².